The Labute approximate surface area is 329 Å². The monoisotopic (exact) mass is 791 g/mol. The van der Waals surface area contributed by atoms with Gasteiger partial charge in [-0.2, -0.15) is 0 Å². The fourth-order valence-electron chi connectivity index (χ4n) is 9.04. The maximum Gasteiger partial charge on any atom is 0.311 e. The van der Waals surface area contributed by atoms with Crippen LogP contribution >= 0.6 is 0 Å². The Morgan fingerprint density at radius 2 is 1.58 bits per heavy atom. The number of methoxy groups -OCH3 is 1. The largest absolute Gasteiger partial charge is 0.459 e. The molecule has 0 aromatic heterocycles. The molecule has 3 heterocycles. The maximum absolute atomic E-state index is 14.3. The molecule has 0 amide bonds. The van der Waals surface area contributed by atoms with Crippen molar-refractivity contribution in [3.8, 4) is 0 Å². The third kappa shape index (κ3) is 11.2. The summed E-state index contributed by atoms with van der Waals surface area (Å²) in [5.41, 5.74) is -4.45. The zero-order chi connectivity index (χ0) is 42.0. The van der Waals surface area contributed by atoms with Crippen LogP contribution in [0.5, 0.6) is 0 Å². The first-order chi connectivity index (χ1) is 25.3. The van der Waals surface area contributed by atoms with Gasteiger partial charge < -0.3 is 63.4 Å². The summed E-state index contributed by atoms with van der Waals surface area (Å²) in [5.74, 6) is -3.20. The number of likely N-dealkylation sites (N-methyl/N-ethyl adjacent to an activating group) is 2. The molecule has 3 saturated heterocycles. The number of ether oxygens (including phenoxy) is 7. The maximum atomic E-state index is 14.3. The first-order valence-corrected chi connectivity index (χ1v) is 20.0. The molecule has 0 aromatic rings. The molecule has 0 spiro atoms. The van der Waals surface area contributed by atoms with Crippen LogP contribution in [0.4, 0.5) is 0 Å². The minimum Gasteiger partial charge on any atom is -0.459 e. The second-order valence-electron chi connectivity index (χ2n) is 17.7. The van der Waals surface area contributed by atoms with E-state index in [0.29, 0.717) is 13.0 Å². The molecular weight excluding hydrogens is 716 g/mol. The van der Waals surface area contributed by atoms with E-state index < -0.39 is 102 Å². The summed E-state index contributed by atoms with van der Waals surface area (Å²) in [6, 6.07) is -0.823. The van der Waals surface area contributed by atoms with E-state index in [1.165, 1.54) is 21.0 Å². The molecule has 3 rings (SSSR count). The summed E-state index contributed by atoms with van der Waals surface area (Å²) in [5, 5.41) is 46.9. The lowest BCUT2D eigenvalue weighted by Gasteiger charge is -2.49. The van der Waals surface area contributed by atoms with Crippen molar-refractivity contribution in [1.82, 2.24) is 9.80 Å². The number of aliphatic hydroxyl groups excluding tert-OH is 2. The van der Waals surface area contributed by atoms with Crippen molar-refractivity contribution >= 4 is 11.9 Å². The molecule has 4 N–H and O–H groups in total. The van der Waals surface area contributed by atoms with Gasteiger partial charge >= 0.3 is 11.9 Å². The Morgan fingerprint density at radius 1 is 0.964 bits per heavy atom. The van der Waals surface area contributed by atoms with E-state index in [4.69, 9.17) is 33.2 Å². The number of cyclic esters (lactones) is 1. The molecule has 55 heavy (non-hydrogen) atoms. The lowest BCUT2D eigenvalue weighted by atomic mass is 9.77. The van der Waals surface area contributed by atoms with Gasteiger partial charge in [-0.15, -0.1) is 0 Å². The van der Waals surface area contributed by atoms with Crippen LogP contribution in [0.3, 0.4) is 0 Å². The van der Waals surface area contributed by atoms with Crippen LogP contribution < -0.4 is 0 Å². The average Bonchev–Trinajstić information content (AvgIpc) is 3.08. The Bertz CT molecular complexity index is 1250. The second-order valence-corrected chi connectivity index (χ2v) is 17.7. The number of nitrogens with zero attached hydrogens (tertiary/aromatic N) is 2. The molecule has 15 nitrogen and oxygen atoms in total. The Balaban J connectivity index is 2.23. The van der Waals surface area contributed by atoms with E-state index in [1.807, 2.05) is 51.7 Å². The van der Waals surface area contributed by atoms with E-state index in [9.17, 15) is 30.0 Å². The summed E-state index contributed by atoms with van der Waals surface area (Å²) in [6.07, 6.45) is -8.28. The van der Waals surface area contributed by atoms with Crippen molar-refractivity contribution in [2.75, 3.05) is 34.8 Å². The fraction of sp³-hybridized carbons (Fsp3) is 0.950. The molecule has 0 saturated carbocycles. The van der Waals surface area contributed by atoms with Gasteiger partial charge in [0.1, 0.15) is 23.9 Å². The van der Waals surface area contributed by atoms with Crippen LogP contribution in [-0.2, 0) is 42.7 Å². The highest BCUT2D eigenvalue weighted by molar-refractivity contribution is 5.73. The zero-order valence-corrected chi connectivity index (χ0v) is 36.1. The molecule has 0 bridgehead atoms. The molecule has 3 aliphatic rings. The second kappa shape index (κ2) is 19.0. The SMILES string of the molecule is CC[C@H]1OC(=O)[C@H](C)[C@@H](OC2C[C@@](C)(OC)[C@H](O)[C@@H](C)O2)[C@H](C)[C@@H](O[C@@H]2O[C@H](C)CC(N(C)C)[C@H]2OC(C)=O)[C@](C)(O)C[C@@H](C)CN(C)[C@H](C)[C@@H](O)[C@]1(C)O. The number of hydrogen-bond donors (Lipinski definition) is 4. The number of esters is 2. The van der Waals surface area contributed by atoms with Crippen LogP contribution in [-0.4, -0.2) is 167 Å². The lowest BCUT2D eigenvalue weighted by Crippen LogP contribution is -2.61. The van der Waals surface area contributed by atoms with Gasteiger partial charge in [-0.25, -0.2) is 0 Å². The van der Waals surface area contributed by atoms with Crippen molar-refractivity contribution in [2.24, 2.45) is 17.8 Å². The van der Waals surface area contributed by atoms with Crippen LogP contribution in [0.15, 0.2) is 0 Å². The van der Waals surface area contributed by atoms with Crippen molar-refractivity contribution < 1.29 is 63.2 Å². The third-order valence-corrected chi connectivity index (χ3v) is 12.5. The quantitative estimate of drug-likeness (QED) is 0.263. The zero-order valence-electron chi connectivity index (χ0n) is 36.1. The minimum absolute atomic E-state index is 0.115. The van der Waals surface area contributed by atoms with Gasteiger partial charge in [-0.1, -0.05) is 20.8 Å². The Hall–Kier alpha value is -1.50. The molecule has 3 aliphatic heterocycles. The molecule has 2 unspecified atom stereocenters. The molecule has 0 aromatic carbocycles. The summed E-state index contributed by atoms with van der Waals surface area (Å²) >= 11 is 0. The molecular formula is C40H74N2O13. The Morgan fingerprint density at radius 3 is 2.13 bits per heavy atom. The highest BCUT2D eigenvalue weighted by Gasteiger charge is 2.53. The average molecular weight is 791 g/mol. The third-order valence-electron chi connectivity index (χ3n) is 12.5. The highest BCUT2D eigenvalue weighted by atomic mass is 16.7. The predicted molar refractivity (Wildman–Crippen MR) is 204 cm³/mol. The van der Waals surface area contributed by atoms with E-state index >= 15 is 0 Å². The molecule has 0 radical (unpaired) electrons. The molecule has 15 heteroatoms. The van der Waals surface area contributed by atoms with Gasteiger partial charge in [0.15, 0.2) is 18.7 Å². The van der Waals surface area contributed by atoms with Crippen LogP contribution in [0.1, 0.15) is 102 Å². The first-order valence-electron chi connectivity index (χ1n) is 20.0. The lowest BCUT2D eigenvalue weighted by molar-refractivity contribution is -0.318. The van der Waals surface area contributed by atoms with Gasteiger partial charge in [0.25, 0.3) is 0 Å². The number of rotatable bonds is 8. The predicted octanol–water partition coefficient (Wildman–Crippen LogP) is 2.47. The number of carbonyl (C=O) groups is 2. The van der Waals surface area contributed by atoms with Gasteiger partial charge in [-0.3, -0.25) is 9.59 Å². The van der Waals surface area contributed by atoms with E-state index in [1.54, 1.807) is 41.5 Å². The summed E-state index contributed by atoms with van der Waals surface area (Å²) in [7, 11) is 7.12. The minimum atomic E-state index is -1.82. The van der Waals surface area contributed by atoms with Crippen molar-refractivity contribution in [3.05, 3.63) is 0 Å². The molecule has 0 aliphatic carbocycles. The topological polar surface area (TPSA) is 186 Å². The van der Waals surface area contributed by atoms with E-state index in [0.717, 1.165) is 0 Å². The summed E-state index contributed by atoms with van der Waals surface area (Å²) < 4.78 is 43.9. The van der Waals surface area contributed by atoms with Gasteiger partial charge in [0.05, 0.1) is 47.6 Å². The number of carbonyl (C=O) groups excluding carboxylic acids is 2. The highest BCUT2D eigenvalue weighted by Crippen LogP contribution is 2.40. The Kier molecular flexibility index (Phi) is 16.6. The van der Waals surface area contributed by atoms with Crippen molar-refractivity contribution in [3.63, 3.8) is 0 Å². The normalized spacial score (nSPS) is 47.4. The fourth-order valence-corrected chi connectivity index (χ4v) is 9.04. The van der Waals surface area contributed by atoms with Crippen LogP contribution in [0.25, 0.3) is 0 Å². The number of hydrogen-bond acceptors (Lipinski definition) is 15. The first kappa shape index (κ1) is 47.9. The number of aliphatic hydroxyl groups is 4. The summed E-state index contributed by atoms with van der Waals surface area (Å²) in [4.78, 5) is 30.7. The standard InChI is InChI=1S/C40H74N2O13/c1-16-29-40(11,48)33(44)25(6)42(14)20-21(2)18-38(9,47)35(55-37-32(52-27(8)43)28(41(12)13)17-22(3)50-37)23(4)31(24(5)36(46)53-29)54-30-19-39(10,49-15)34(45)26(7)51-30/h21-26,28-35,37,44-45,47-48H,16-20H2,1-15H3/t21-,22-,23+,24-,25-,26-,28?,29-,30?,31+,32-,33-,34-,35-,37+,38-,39-,40-/m1/s1. The van der Waals surface area contributed by atoms with Gasteiger partial charge in [-0.05, 0) is 94.8 Å². The molecule has 18 atom stereocenters. The summed E-state index contributed by atoms with van der Waals surface area (Å²) in [6.45, 7) is 19.3. The molecule has 3 fully saturated rings. The smallest absolute Gasteiger partial charge is 0.311 e. The van der Waals surface area contributed by atoms with E-state index in [2.05, 4.69) is 0 Å². The molecule has 322 valence electrons. The van der Waals surface area contributed by atoms with Crippen LogP contribution in [0.2, 0.25) is 0 Å². The van der Waals surface area contributed by atoms with Crippen molar-refractivity contribution in [2.45, 2.75) is 192 Å². The van der Waals surface area contributed by atoms with Crippen LogP contribution in [0, 0.1) is 17.8 Å². The van der Waals surface area contributed by atoms with Crippen molar-refractivity contribution in [1.29, 1.82) is 0 Å². The van der Waals surface area contributed by atoms with E-state index in [-0.39, 0.29) is 37.3 Å². The van der Waals surface area contributed by atoms with Gasteiger partial charge in [0.2, 0.25) is 0 Å². The van der Waals surface area contributed by atoms with Gasteiger partial charge in [0, 0.05) is 39.0 Å².